The summed E-state index contributed by atoms with van der Waals surface area (Å²) in [4.78, 5) is 37.1. The van der Waals surface area contributed by atoms with Crippen molar-refractivity contribution in [1.82, 2.24) is 10.6 Å². The van der Waals surface area contributed by atoms with Crippen LogP contribution in [-0.2, 0) is 76.0 Å². The van der Waals surface area contributed by atoms with Crippen molar-refractivity contribution in [3.63, 3.8) is 0 Å². The molecule has 85 heavy (non-hydrogen) atoms. The molecule has 35 atom stereocenters. The van der Waals surface area contributed by atoms with E-state index in [0.717, 1.165) is 13.8 Å². The Morgan fingerprint density at radius 1 is 0.318 bits per heavy atom. The highest BCUT2D eigenvalue weighted by Gasteiger charge is 2.59. The lowest BCUT2D eigenvalue weighted by Gasteiger charge is -2.51. The zero-order chi connectivity index (χ0) is 62.8. The first-order chi connectivity index (χ1) is 40.2. The van der Waals surface area contributed by atoms with Crippen LogP contribution in [0.25, 0.3) is 0 Å². The van der Waals surface area contributed by atoms with E-state index in [4.69, 9.17) is 61.6 Å². The fourth-order valence-electron chi connectivity index (χ4n) is 10.8. The van der Waals surface area contributed by atoms with Crippen LogP contribution in [0.1, 0.15) is 13.8 Å². The van der Waals surface area contributed by atoms with Crippen molar-refractivity contribution in [3.05, 3.63) is 0 Å². The summed E-state index contributed by atoms with van der Waals surface area (Å²) in [5.41, 5.74) is 0. The maximum Gasteiger partial charge on any atom is 0.335 e. The van der Waals surface area contributed by atoms with Crippen molar-refractivity contribution < 1.29 is 183 Å². The summed E-state index contributed by atoms with van der Waals surface area (Å²) in [5, 5.41) is 230. The van der Waals surface area contributed by atoms with Gasteiger partial charge in [0.25, 0.3) is 0 Å². The van der Waals surface area contributed by atoms with Gasteiger partial charge in [0, 0.05) is 13.8 Å². The molecule has 0 bridgehead atoms. The number of nitrogens with one attached hydrogen (secondary N) is 2. The molecule has 0 radical (unpaired) electrons. The van der Waals surface area contributed by atoms with Crippen LogP contribution < -0.4 is 10.6 Å². The molecule has 0 aromatic heterocycles. The normalized spacial score (nSPS) is 49.8. The minimum atomic E-state index is -2.30. The fraction of sp³-hybridized carbons (Fsp3) is 0.935. The molecular formula is C46H76N2O37. The molecule has 39 heteroatoms. The lowest BCUT2D eigenvalue weighted by Crippen LogP contribution is -2.71. The quantitative estimate of drug-likeness (QED) is 0.0507. The molecule has 0 aromatic carbocycles. The minimum absolute atomic E-state index is 0.893. The van der Waals surface area contributed by atoms with Gasteiger partial charge in [0.1, 0.15) is 165 Å². The number of hydrogen-bond donors (Lipinski definition) is 23. The van der Waals surface area contributed by atoms with Gasteiger partial charge >= 0.3 is 5.97 Å². The molecule has 39 nitrogen and oxygen atoms in total. The van der Waals surface area contributed by atoms with Crippen LogP contribution in [0, 0.1) is 0 Å². The van der Waals surface area contributed by atoms with Gasteiger partial charge in [-0.05, 0) is 0 Å². The number of aliphatic hydroxyl groups excluding tert-OH is 20. The van der Waals surface area contributed by atoms with E-state index in [9.17, 15) is 122 Å². The molecule has 23 N–H and O–H groups in total. The van der Waals surface area contributed by atoms with Gasteiger partial charge < -0.3 is 179 Å². The molecule has 0 spiro atoms. The number of amides is 2. The SMILES string of the molecule is CC(=O)N[C@H]1[C@H](O[C@H]2[C@@H](O)[C@@H](CO)O[C@@H](O[C@H]3[C@H](O)[C@@H](NC(C)=O)[C@H](O[C@H]4[C@@H](O)[C@@H](CO)O[C@@H](O[C@H]5[C@H](O)[C@@H](O)C(O)O[C@@H]5CO)[C@@H]4O)O[C@@H]3CO)[C@@H]2O)O[C@H](CO)[C@@H](O[C@@H]2O[C@H](CO)[C@H](O)[C@H](O[C@@H]3O[C@H](C(=O)O)[C@@H](O)[C@H](O)[C@H]3O)[C@H]2O)[C@@H]1O. The second-order valence-electron chi connectivity index (χ2n) is 21.1. The molecule has 7 rings (SSSR count). The molecule has 0 aromatic rings. The maximum atomic E-state index is 12.7. The lowest BCUT2D eigenvalue weighted by atomic mass is 9.93. The van der Waals surface area contributed by atoms with Crippen LogP contribution in [-0.4, -0.2) is 379 Å². The first-order valence-electron chi connectivity index (χ1n) is 26.6. The Bertz CT molecular complexity index is 2150. The van der Waals surface area contributed by atoms with Crippen molar-refractivity contribution in [2.75, 3.05) is 39.6 Å². The molecule has 492 valence electrons. The van der Waals surface area contributed by atoms with Crippen LogP contribution in [0.15, 0.2) is 0 Å². The van der Waals surface area contributed by atoms with E-state index in [0.29, 0.717) is 0 Å². The Labute approximate surface area is 479 Å². The van der Waals surface area contributed by atoms with E-state index >= 15 is 0 Å². The van der Waals surface area contributed by atoms with E-state index < -0.39 is 272 Å². The van der Waals surface area contributed by atoms with Gasteiger partial charge in [0.15, 0.2) is 50.1 Å². The van der Waals surface area contributed by atoms with Gasteiger partial charge in [-0.25, -0.2) is 4.79 Å². The van der Waals surface area contributed by atoms with Crippen molar-refractivity contribution in [3.8, 4) is 0 Å². The summed E-state index contributed by atoms with van der Waals surface area (Å²) in [6, 6.07) is -3.72. The summed E-state index contributed by atoms with van der Waals surface area (Å²) in [5.74, 6) is -3.63. The molecule has 7 aliphatic rings. The predicted molar refractivity (Wildman–Crippen MR) is 256 cm³/mol. The van der Waals surface area contributed by atoms with Crippen LogP contribution >= 0.6 is 0 Å². The average molecular weight is 1250 g/mol. The fourth-order valence-corrected chi connectivity index (χ4v) is 10.8. The predicted octanol–water partition coefficient (Wildman–Crippen LogP) is -15.9. The summed E-state index contributed by atoms with van der Waals surface area (Å²) in [6.45, 7) is -4.36. The molecule has 7 saturated heterocycles. The first-order valence-corrected chi connectivity index (χ1v) is 26.6. The molecule has 7 heterocycles. The Morgan fingerprint density at radius 2 is 0.612 bits per heavy atom. The van der Waals surface area contributed by atoms with Gasteiger partial charge in [-0.15, -0.1) is 0 Å². The number of aliphatic carboxylic acids is 1. The first kappa shape index (κ1) is 69.6. The number of carboxylic acids is 1. The standard InChI is InChI=1S/C46H76N2O37/c1-9(55)47-17-22(60)32(15(7-53)77-42(17)83-36-20(58)12(4-50)76-46(30(36)68)81-34-14(6-52)73-40(72)27(65)26(34)64)79-44-29(67)35(19(57)11(3-49)74-44)82-41-18(48-10(2)56)23(61)33(16(8-54)78-41)80-45-31(69)37(21(59)13(5-51)75-45)84-43-28(66)24(62)25(63)38(85-43)39(70)71/h11-38,40-46,49-54,57-69,72H,3-8H2,1-2H3,(H,47,55)(H,48,56)(H,70,71)/t11-,12-,13-,14-,15-,16-,17-,18-,19+,20+,21+,22-,23-,24+,25+,26-,27-,28-,29-,30-,31-,32-,33-,34-,35+,36+,37+,38+,40?,41+,42+,43-,44+,45+,46+/m1/s1. The Hall–Kier alpha value is -2.91. The van der Waals surface area contributed by atoms with Gasteiger partial charge in [-0.2, -0.15) is 0 Å². The average Bonchev–Trinajstić information content (AvgIpc) is 1.66. The number of carbonyl (C=O) groups excluding carboxylic acids is 2. The van der Waals surface area contributed by atoms with E-state index in [-0.39, 0.29) is 0 Å². The summed E-state index contributed by atoms with van der Waals surface area (Å²) in [6.07, 6.45) is -66.7. The highest BCUT2D eigenvalue weighted by molar-refractivity contribution is 5.74. The van der Waals surface area contributed by atoms with Gasteiger partial charge in [0.2, 0.25) is 11.8 Å². The van der Waals surface area contributed by atoms with Crippen LogP contribution in [0.2, 0.25) is 0 Å². The molecule has 0 aliphatic carbocycles. The highest BCUT2D eigenvalue weighted by atomic mass is 16.8. The number of rotatable bonds is 21. The zero-order valence-electron chi connectivity index (χ0n) is 44.9. The minimum Gasteiger partial charge on any atom is -0.479 e. The van der Waals surface area contributed by atoms with Crippen molar-refractivity contribution in [2.24, 2.45) is 0 Å². The number of carbonyl (C=O) groups is 3. The molecule has 1 unspecified atom stereocenters. The number of ether oxygens (including phenoxy) is 13. The highest BCUT2D eigenvalue weighted by Crippen LogP contribution is 2.38. The van der Waals surface area contributed by atoms with Crippen LogP contribution in [0.5, 0.6) is 0 Å². The topological polar surface area (TPSA) is 620 Å². The summed E-state index contributed by atoms with van der Waals surface area (Å²) >= 11 is 0. The van der Waals surface area contributed by atoms with E-state index in [2.05, 4.69) is 10.6 Å². The molecule has 0 saturated carbocycles. The second kappa shape index (κ2) is 29.8. The largest absolute Gasteiger partial charge is 0.479 e. The van der Waals surface area contributed by atoms with Gasteiger partial charge in [-0.3, -0.25) is 9.59 Å². The Morgan fingerprint density at radius 3 is 0.941 bits per heavy atom. The maximum absolute atomic E-state index is 12.7. The third kappa shape index (κ3) is 14.8. The summed E-state index contributed by atoms with van der Waals surface area (Å²) < 4.78 is 73.5. The third-order valence-corrected chi connectivity index (χ3v) is 15.3. The molecule has 7 aliphatic heterocycles. The van der Waals surface area contributed by atoms with E-state index in [1.54, 1.807) is 0 Å². The smallest absolute Gasteiger partial charge is 0.335 e. The number of aliphatic hydroxyl groups is 20. The molecular weight excluding hydrogens is 1170 g/mol. The van der Waals surface area contributed by atoms with E-state index in [1.807, 2.05) is 0 Å². The van der Waals surface area contributed by atoms with E-state index in [1.165, 1.54) is 0 Å². The van der Waals surface area contributed by atoms with Crippen molar-refractivity contribution in [1.29, 1.82) is 0 Å². The molecule has 2 amide bonds. The number of hydrogen-bond acceptors (Lipinski definition) is 36. The Kier molecular flexibility index (Phi) is 24.4. The van der Waals surface area contributed by atoms with Gasteiger partial charge in [0.05, 0.1) is 39.6 Å². The van der Waals surface area contributed by atoms with Crippen molar-refractivity contribution >= 4 is 17.8 Å². The third-order valence-electron chi connectivity index (χ3n) is 15.3. The summed E-state index contributed by atoms with van der Waals surface area (Å²) in [7, 11) is 0. The zero-order valence-corrected chi connectivity index (χ0v) is 44.9. The monoisotopic (exact) mass is 1250 g/mol. The van der Waals surface area contributed by atoms with Crippen LogP contribution in [0.4, 0.5) is 0 Å². The molecule has 7 fully saturated rings. The van der Waals surface area contributed by atoms with Crippen LogP contribution in [0.3, 0.4) is 0 Å². The number of carboxylic acid groups (broad SMARTS) is 1. The van der Waals surface area contributed by atoms with Crippen molar-refractivity contribution in [2.45, 2.75) is 229 Å². The lowest BCUT2D eigenvalue weighted by molar-refractivity contribution is -0.389. The second-order valence-corrected chi connectivity index (χ2v) is 21.1. The Balaban J connectivity index is 1.08. The van der Waals surface area contributed by atoms with Gasteiger partial charge in [-0.1, -0.05) is 0 Å².